The fourth-order valence-corrected chi connectivity index (χ4v) is 2.65. The Labute approximate surface area is 101 Å². The summed E-state index contributed by atoms with van der Waals surface area (Å²) in [6.45, 7) is 6.10. The van der Waals surface area contributed by atoms with Gasteiger partial charge in [0, 0.05) is 31.4 Å². The Morgan fingerprint density at radius 3 is 3.12 bits per heavy atom. The molecule has 3 nitrogen and oxygen atoms in total. The second-order valence-electron chi connectivity index (χ2n) is 4.31. The molecule has 2 N–H and O–H groups in total. The van der Waals surface area contributed by atoms with Gasteiger partial charge in [0.05, 0.1) is 10.7 Å². The van der Waals surface area contributed by atoms with Crippen LogP contribution in [0, 0.1) is 0 Å². The number of nitrogens with zero attached hydrogens (tertiary/aromatic N) is 2. The smallest absolute Gasteiger partial charge is 0.0941 e. The Morgan fingerprint density at radius 2 is 2.44 bits per heavy atom. The minimum absolute atomic E-state index is 0.693. The highest BCUT2D eigenvalue weighted by Gasteiger charge is 2.11. The molecular formula is C12H19N3S. The van der Waals surface area contributed by atoms with Crippen molar-refractivity contribution in [3.05, 3.63) is 27.7 Å². The van der Waals surface area contributed by atoms with Crippen LogP contribution in [-0.2, 0) is 13.0 Å². The van der Waals surface area contributed by atoms with E-state index in [-0.39, 0.29) is 0 Å². The van der Waals surface area contributed by atoms with Gasteiger partial charge in [-0.05, 0) is 19.9 Å². The first-order valence-corrected chi connectivity index (χ1v) is 6.67. The van der Waals surface area contributed by atoms with E-state index in [1.807, 2.05) is 0 Å². The van der Waals surface area contributed by atoms with E-state index in [4.69, 9.17) is 5.73 Å². The lowest BCUT2D eigenvalue weighted by atomic mass is 10.1. The van der Waals surface area contributed by atoms with E-state index in [1.54, 1.807) is 11.3 Å². The predicted molar refractivity (Wildman–Crippen MR) is 68.5 cm³/mol. The Bertz CT molecular complexity index is 370. The van der Waals surface area contributed by atoms with Crippen LogP contribution in [0.15, 0.2) is 17.0 Å². The van der Waals surface area contributed by atoms with Gasteiger partial charge in [-0.2, -0.15) is 0 Å². The fraction of sp³-hybridized carbons (Fsp3) is 0.583. The van der Waals surface area contributed by atoms with Gasteiger partial charge in [-0.15, -0.1) is 11.3 Å². The molecular weight excluding hydrogens is 218 g/mol. The van der Waals surface area contributed by atoms with Crippen LogP contribution in [0.3, 0.4) is 0 Å². The minimum Gasteiger partial charge on any atom is -0.330 e. The summed E-state index contributed by atoms with van der Waals surface area (Å²) in [4.78, 5) is 7.03. The van der Waals surface area contributed by atoms with Crippen molar-refractivity contribution < 1.29 is 0 Å². The van der Waals surface area contributed by atoms with Crippen molar-refractivity contribution in [1.82, 2.24) is 9.88 Å². The summed E-state index contributed by atoms with van der Waals surface area (Å²) in [5.74, 6) is 0. The van der Waals surface area contributed by atoms with Crippen LogP contribution in [0.1, 0.15) is 24.0 Å². The molecule has 0 radical (unpaired) electrons. The van der Waals surface area contributed by atoms with Gasteiger partial charge >= 0.3 is 0 Å². The molecule has 0 fully saturated rings. The fourth-order valence-electron chi connectivity index (χ4n) is 1.85. The Hall–Kier alpha value is -0.710. The molecule has 1 aliphatic rings. The van der Waals surface area contributed by atoms with Crippen molar-refractivity contribution in [1.29, 1.82) is 0 Å². The molecule has 4 heteroatoms. The molecule has 1 aliphatic heterocycles. The van der Waals surface area contributed by atoms with Gasteiger partial charge in [0.25, 0.3) is 0 Å². The Morgan fingerprint density at radius 1 is 1.56 bits per heavy atom. The zero-order valence-electron chi connectivity index (χ0n) is 9.78. The van der Waals surface area contributed by atoms with Gasteiger partial charge in [0.2, 0.25) is 0 Å². The third-order valence-electron chi connectivity index (χ3n) is 2.86. The molecule has 16 heavy (non-hydrogen) atoms. The van der Waals surface area contributed by atoms with Gasteiger partial charge < -0.3 is 5.73 Å². The van der Waals surface area contributed by atoms with E-state index in [2.05, 4.69) is 28.3 Å². The summed E-state index contributed by atoms with van der Waals surface area (Å²) in [5, 5.41) is 3.33. The summed E-state index contributed by atoms with van der Waals surface area (Å²) in [5.41, 5.74) is 8.23. The molecule has 88 valence electrons. The first-order valence-electron chi connectivity index (χ1n) is 5.79. The van der Waals surface area contributed by atoms with Crippen molar-refractivity contribution in [2.75, 3.05) is 19.6 Å². The highest BCUT2D eigenvalue weighted by atomic mass is 32.1. The van der Waals surface area contributed by atoms with Crippen LogP contribution in [0.25, 0.3) is 0 Å². The molecule has 0 saturated carbocycles. The second kappa shape index (κ2) is 5.57. The highest BCUT2D eigenvalue weighted by Crippen LogP contribution is 2.15. The Kier molecular flexibility index (Phi) is 4.09. The topological polar surface area (TPSA) is 42.1 Å². The van der Waals surface area contributed by atoms with Crippen molar-refractivity contribution in [2.45, 2.75) is 26.3 Å². The molecule has 0 aliphatic carbocycles. The van der Waals surface area contributed by atoms with Crippen molar-refractivity contribution in [2.24, 2.45) is 5.73 Å². The predicted octanol–water partition coefficient (Wildman–Crippen LogP) is 1.80. The zero-order valence-corrected chi connectivity index (χ0v) is 10.6. The van der Waals surface area contributed by atoms with Gasteiger partial charge in [-0.3, -0.25) is 4.90 Å². The van der Waals surface area contributed by atoms with E-state index in [0.717, 1.165) is 26.1 Å². The normalized spacial score (nSPS) is 17.5. The molecule has 1 aromatic heterocycles. The first-order chi connectivity index (χ1) is 7.78. The Balaban J connectivity index is 1.89. The molecule has 1 aromatic rings. The molecule has 2 rings (SSSR count). The first kappa shape index (κ1) is 11.8. The molecule has 0 spiro atoms. The SMILES string of the molecule is CC1=CCN(Cc2csc(CCN)n2)CC1. The number of nitrogens with two attached hydrogens (primary N) is 1. The molecule has 0 amide bonds. The van der Waals surface area contributed by atoms with Gasteiger partial charge in [0.1, 0.15) is 0 Å². The van der Waals surface area contributed by atoms with E-state index in [0.29, 0.717) is 6.54 Å². The maximum absolute atomic E-state index is 5.52. The van der Waals surface area contributed by atoms with Crippen LogP contribution >= 0.6 is 11.3 Å². The van der Waals surface area contributed by atoms with E-state index >= 15 is 0 Å². The lowest BCUT2D eigenvalue weighted by Gasteiger charge is -2.24. The molecule has 0 atom stereocenters. The molecule has 0 aromatic carbocycles. The lowest BCUT2D eigenvalue weighted by Crippen LogP contribution is -2.28. The monoisotopic (exact) mass is 237 g/mol. The summed E-state index contributed by atoms with van der Waals surface area (Å²) in [6, 6.07) is 0. The van der Waals surface area contributed by atoms with Crippen LogP contribution in [0.5, 0.6) is 0 Å². The van der Waals surface area contributed by atoms with Gasteiger partial charge in [-0.1, -0.05) is 11.6 Å². The average Bonchev–Trinajstić information content (AvgIpc) is 2.70. The molecule has 0 saturated heterocycles. The van der Waals surface area contributed by atoms with E-state index in [9.17, 15) is 0 Å². The summed E-state index contributed by atoms with van der Waals surface area (Å²) >= 11 is 1.73. The number of rotatable bonds is 4. The van der Waals surface area contributed by atoms with Crippen LogP contribution in [0.2, 0.25) is 0 Å². The third kappa shape index (κ3) is 3.14. The lowest BCUT2D eigenvalue weighted by molar-refractivity contribution is 0.283. The summed E-state index contributed by atoms with van der Waals surface area (Å²) < 4.78 is 0. The van der Waals surface area contributed by atoms with E-state index < -0.39 is 0 Å². The molecule has 0 bridgehead atoms. The summed E-state index contributed by atoms with van der Waals surface area (Å²) in [7, 11) is 0. The maximum Gasteiger partial charge on any atom is 0.0941 e. The van der Waals surface area contributed by atoms with Crippen LogP contribution < -0.4 is 5.73 Å². The van der Waals surface area contributed by atoms with Crippen LogP contribution in [-0.4, -0.2) is 29.5 Å². The van der Waals surface area contributed by atoms with E-state index in [1.165, 1.54) is 22.7 Å². The van der Waals surface area contributed by atoms with Crippen LogP contribution in [0.4, 0.5) is 0 Å². The number of aromatic nitrogens is 1. The standard InChI is InChI=1S/C12H19N3S/c1-10-3-6-15(7-4-10)8-11-9-16-12(14-11)2-5-13/h3,9H,2,4-8,13H2,1H3. The maximum atomic E-state index is 5.52. The number of thiazole rings is 1. The summed E-state index contributed by atoms with van der Waals surface area (Å²) in [6.07, 6.45) is 4.42. The zero-order chi connectivity index (χ0) is 11.4. The minimum atomic E-state index is 0.693. The molecule has 0 unspecified atom stereocenters. The van der Waals surface area contributed by atoms with Crippen molar-refractivity contribution in [3.8, 4) is 0 Å². The number of hydrogen-bond acceptors (Lipinski definition) is 4. The molecule has 2 heterocycles. The van der Waals surface area contributed by atoms with Gasteiger partial charge in [-0.25, -0.2) is 4.98 Å². The quantitative estimate of drug-likeness (QED) is 0.812. The van der Waals surface area contributed by atoms with Crippen molar-refractivity contribution in [3.63, 3.8) is 0 Å². The van der Waals surface area contributed by atoms with Gasteiger partial charge in [0.15, 0.2) is 0 Å². The number of hydrogen-bond donors (Lipinski definition) is 1. The second-order valence-corrected chi connectivity index (χ2v) is 5.25. The third-order valence-corrected chi connectivity index (χ3v) is 3.82. The highest BCUT2D eigenvalue weighted by molar-refractivity contribution is 7.09. The van der Waals surface area contributed by atoms with Crippen molar-refractivity contribution >= 4 is 11.3 Å². The largest absolute Gasteiger partial charge is 0.330 e. The average molecular weight is 237 g/mol.